The summed E-state index contributed by atoms with van der Waals surface area (Å²) in [4.78, 5) is 22.8. The van der Waals surface area contributed by atoms with Crippen LogP contribution in [0.2, 0.25) is 0 Å². The molecule has 0 aliphatic heterocycles. The molecule has 104 valence electrons. The predicted molar refractivity (Wildman–Crippen MR) is 71.2 cm³/mol. The standard InChI is InChI=1S/C13H25N3O2/c1-9(11(17)16-12(18)14-4)15-10-7-5-6-8-13(10,2)3/h9-10,15H,5-8H2,1-4H3,(H2,14,16,17,18). The van der Waals surface area contributed by atoms with E-state index in [0.29, 0.717) is 6.04 Å². The molecule has 0 saturated heterocycles. The van der Waals surface area contributed by atoms with Crippen molar-refractivity contribution in [2.75, 3.05) is 7.05 Å². The van der Waals surface area contributed by atoms with Gasteiger partial charge in [0.05, 0.1) is 6.04 Å². The van der Waals surface area contributed by atoms with Gasteiger partial charge in [-0.3, -0.25) is 10.1 Å². The number of hydrogen-bond acceptors (Lipinski definition) is 3. The van der Waals surface area contributed by atoms with E-state index in [-0.39, 0.29) is 17.4 Å². The van der Waals surface area contributed by atoms with E-state index >= 15 is 0 Å². The summed E-state index contributed by atoms with van der Waals surface area (Å²) in [6.07, 6.45) is 4.72. The van der Waals surface area contributed by atoms with Crippen molar-refractivity contribution >= 4 is 11.9 Å². The summed E-state index contributed by atoms with van der Waals surface area (Å²) in [5.41, 5.74) is 0.208. The van der Waals surface area contributed by atoms with Gasteiger partial charge in [-0.2, -0.15) is 0 Å². The molecular formula is C13H25N3O2. The van der Waals surface area contributed by atoms with Crippen LogP contribution in [0.15, 0.2) is 0 Å². The minimum absolute atomic E-state index is 0.208. The number of nitrogens with one attached hydrogen (secondary N) is 3. The van der Waals surface area contributed by atoms with Crippen LogP contribution in [0.4, 0.5) is 4.79 Å². The van der Waals surface area contributed by atoms with Crippen LogP contribution >= 0.6 is 0 Å². The third kappa shape index (κ3) is 3.98. The van der Waals surface area contributed by atoms with Gasteiger partial charge in [-0.1, -0.05) is 26.7 Å². The summed E-state index contributed by atoms with van der Waals surface area (Å²) in [6.45, 7) is 6.25. The second-order valence-corrected chi connectivity index (χ2v) is 5.74. The van der Waals surface area contributed by atoms with E-state index in [2.05, 4.69) is 29.8 Å². The Morgan fingerprint density at radius 1 is 1.28 bits per heavy atom. The van der Waals surface area contributed by atoms with E-state index in [4.69, 9.17) is 0 Å². The quantitative estimate of drug-likeness (QED) is 0.713. The molecule has 1 aliphatic carbocycles. The van der Waals surface area contributed by atoms with Gasteiger partial charge in [-0.05, 0) is 25.2 Å². The van der Waals surface area contributed by atoms with Crippen molar-refractivity contribution in [1.82, 2.24) is 16.0 Å². The second kappa shape index (κ2) is 6.18. The Kier molecular flexibility index (Phi) is 5.14. The van der Waals surface area contributed by atoms with E-state index in [0.717, 1.165) is 6.42 Å². The lowest BCUT2D eigenvalue weighted by Crippen LogP contribution is -2.54. The highest BCUT2D eigenvalue weighted by Gasteiger charge is 2.33. The summed E-state index contributed by atoms with van der Waals surface area (Å²) in [5, 5.41) is 8.01. The number of imide groups is 1. The number of carbonyl (C=O) groups excluding carboxylic acids is 2. The number of carbonyl (C=O) groups is 2. The van der Waals surface area contributed by atoms with Gasteiger partial charge in [-0.15, -0.1) is 0 Å². The Morgan fingerprint density at radius 2 is 1.94 bits per heavy atom. The van der Waals surface area contributed by atoms with E-state index in [1.165, 1.54) is 26.3 Å². The molecule has 18 heavy (non-hydrogen) atoms. The van der Waals surface area contributed by atoms with Crippen LogP contribution < -0.4 is 16.0 Å². The van der Waals surface area contributed by atoms with Crippen molar-refractivity contribution in [3.05, 3.63) is 0 Å². The van der Waals surface area contributed by atoms with Gasteiger partial charge in [0.2, 0.25) is 5.91 Å². The molecule has 0 aromatic carbocycles. The van der Waals surface area contributed by atoms with Gasteiger partial charge in [0, 0.05) is 13.1 Å². The highest BCUT2D eigenvalue weighted by atomic mass is 16.2. The zero-order chi connectivity index (χ0) is 13.8. The monoisotopic (exact) mass is 255 g/mol. The van der Waals surface area contributed by atoms with Crippen LogP contribution in [0, 0.1) is 5.41 Å². The molecule has 2 unspecified atom stereocenters. The average molecular weight is 255 g/mol. The van der Waals surface area contributed by atoms with Crippen LogP contribution in [-0.2, 0) is 4.79 Å². The van der Waals surface area contributed by atoms with Crippen molar-refractivity contribution < 1.29 is 9.59 Å². The highest BCUT2D eigenvalue weighted by molar-refractivity contribution is 5.96. The smallest absolute Gasteiger partial charge is 0.321 e. The first-order valence-electron chi connectivity index (χ1n) is 6.65. The van der Waals surface area contributed by atoms with Crippen molar-refractivity contribution in [2.24, 2.45) is 5.41 Å². The molecule has 1 fully saturated rings. The molecule has 0 spiro atoms. The molecule has 3 N–H and O–H groups in total. The normalized spacial score (nSPS) is 24.1. The van der Waals surface area contributed by atoms with Crippen molar-refractivity contribution in [3.63, 3.8) is 0 Å². The molecule has 3 amide bonds. The van der Waals surface area contributed by atoms with Gasteiger partial charge in [0.1, 0.15) is 0 Å². The zero-order valence-corrected chi connectivity index (χ0v) is 11.8. The Balaban J connectivity index is 2.50. The molecule has 5 nitrogen and oxygen atoms in total. The molecule has 1 aliphatic rings. The molecule has 0 radical (unpaired) electrons. The van der Waals surface area contributed by atoms with Gasteiger partial charge in [-0.25, -0.2) is 4.79 Å². The number of rotatable bonds is 3. The first-order valence-corrected chi connectivity index (χ1v) is 6.65. The Morgan fingerprint density at radius 3 is 2.50 bits per heavy atom. The SMILES string of the molecule is CNC(=O)NC(=O)C(C)NC1CCCCC1(C)C. The van der Waals surface area contributed by atoms with Gasteiger partial charge in [0.15, 0.2) is 0 Å². The number of urea groups is 1. The zero-order valence-electron chi connectivity index (χ0n) is 11.8. The average Bonchev–Trinajstić information content (AvgIpc) is 2.31. The van der Waals surface area contributed by atoms with E-state index in [1.54, 1.807) is 6.92 Å². The number of hydrogen-bond donors (Lipinski definition) is 3. The van der Waals surface area contributed by atoms with Gasteiger partial charge >= 0.3 is 6.03 Å². The largest absolute Gasteiger partial charge is 0.341 e. The fraction of sp³-hybridized carbons (Fsp3) is 0.846. The molecule has 1 rings (SSSR count). The van der Waals surface area contributed by atoms with E-state index < -0.39 is 6.03 Å². The predicted octanol–water partition coefficient (Wildman–Crippen LogP) is 1.39. The summed E-state index contributed by atoms with van der Waals surface area (Å²) < 4.78 is 0. The van der Waals surface area contributed by atoms with Crippen LogP contribution in [0.3, 0.4) is 0 Å². The first kappa shape index (κ1) is 15.0. The Labute approximate surface area is 109 Å². The fourth-order valence-corrected chi connectivity index (χ4v) is 2.46. The maximum atomic E-state index is 11.8. The maximum absolute atomic E-state index is 11.8. The van der Waals surface area contributed by atoms with Gasteiger partial charge < -0.3 is 10.6 Å². The van der Waals surface area contributed by atoms with E-state index in [1.807, 2.05) is 0 Å². The van der Waals surface area contributed by atoms with Crippen molar-refractivity contribution in [1.29, 1.82) is 0 Å². The first-order chi connectivity index (χ1) is 8.36. The van der Waals surface area contributed by atoms with Crippen LogP contribution in [0.25, 0.3) is 0 Å². The molecule has 5 heteroatoms. The Bertz CT molecular complexity index is 315. The third-order valence-electron chi connectivity index (χ3n) is 3.82. The molecule has 0 aromatic heterocycles. The lowest BCUT2D eigenvalue weighted by atomic mass is 9.73. The molecule has 0 aromatic rings. The minimum Gasteiger partial charge on any atom is -0.341 e. The summed E-state index contributed by atoms with van der Waals surface area (Å²) in [7, 11) is 1.49. The van der Waals surface area contributed by atoms with Crippen molar-refractivity contribution in [2.45, 2.75) is 58.5 Å². The fourth-order valence-electron chi connectivity index (χ4n) is 2.46. The lowest BCUT2D eigenvalue weighted by Gasteiger charge is -2.40. The molecule has 1 saturated carbocycles. The van der Waals surface area contributed by atoms with Crippen LogP contribution in [0.1, 0.15) is 46.5 Å². The summed E-state index contributed by atoms with van der Waals surface area (Å²) >= 11 is 0. The molecule has 2 atom stereocenters. The lowest BCUT2D eigenvalue weighted by molar-refractivity contribution is -0.122. The molecule has 0 heterocycles. The topological polar surface area (TPSA) is 70.2 Å². The van der Waals surface area contributed by atoms with Crippen molar-refractivity contribution in [3.8, 4) is 0 Å². The highest BCUT2D eigenvalue weighted by Crippen LogP contribution is 2.35. The maximum Gasteiger partial charge on any atom is 0.321 e. The Hall–Kier alpha value is -1.10. The van der Waals surface area contributed by atoms with Crippen LogP contribution in [0.5, 0.6) is 0 Å². The third-order valence-corrected chi connectivity index (χ3v) is 3.82. The second-order valence-electron chi connectivity index (χ2n) is 5.74. The minimum atomic E-state index is -0.462. The molecular weight excluding hydrogens is 230 g/mol. The van der Waals surface area contributed by atoms with E-state index in [9.17, 15) is 9.59 Å². The number of amides is 3. The summed E-state index contributed by atoms with van der Waals surface area (Å²) in [6, 6.07) is -0.488. The molecule has 0 bridgehead atoms. The van der Waals surface area contributed by atoms with Gasteiger partial charge in [0.25, 0.3) is 0 Å². The van der Waals surface area contributed by atoms with Crippen LogP contribution in [-0.4, -0.2) is 31.1 Å². The summed E-state index contributed by atoms with van der Waals surface area (Å²) in [5.74, 6) is -0.282.